The van der Waals surface area contributed by atoms with Crippen molar-refractivity contribution in [2.45, 2.75) is 37.3 Å². The first-order valence-corrected chi connectivity index (χ1v) is 5.77. The number of ether oxygens (including phenoxy) is 2. The number of carbonyl (C=O) groups is 2. The van der Waals surface area contributed by atoms with Gasteiger partial charge in [-0.25, -0.2) is 9.59 Å². The van der Waals surface area contributed by atoms with Crippen molar-refractivity contribution in [1.29, 1.82) is 0 Å². The van der Waals surface area contributed by atoms with Crippen LogP contribution in [0.25, 0.3) is 0 Å². The monoisotopic (exact) mass is 243 g/mol. The van der Waals surface area contributed by atoms with Crippen LogP contribution < -0.4 is 5.32 Å². The SMILES string of the molecule is COC(=O)NC(C(=O)O)C1CCC2(CC2)OC1. The van der Waals surface area contributed by atoms with Crippen LogP contribution in [0.4, 0.5) is 4.79 Å². The minimum absolute atomic E-state index is 0.0326. The molecule has 0 bridgehead atoms. The number of hydrogen-bond donors (Lipinski definition) is 2. The molecule has 1 spiro atoms. The second-order valence-corrected chi connectivity index (χ2v) is 4.74. The molecule has 17 heavy (non-hydrogen) atoms. The lowest BCUT2D eigenvalue weighted by atomic mass is 9.90. The third-order valence-electron chi connectivity index (χ3n) is 3.58. The Balaban J connectivity index is 1.92. The first-order chi connectivity index (χ1) is 8.06. The van der Waals surface area contributed by atoms with E-state index in [0.29, 0.717) is 6.61 Å². The number of aliphatic carboxylic acids is 1. The van der Waals surface area contributed by atoms with Crippen molar-refractivity contribution in [3.05, 3.63) is 0 Å². The number of alkyl carbamates (subject to hydrolysis) is 1. The molecular weight excluding hydrogens is 226 g/mol. The molecule has 2 fully saturated rings. The zero-order valence-electron chi connectivity index (χ0n) is 9.77. The van der Waals surface area contributed by atoms with Gasteiger partial charge in [-0.2, -0.15) is 0 Å². The van der Waals surface area contributed by atoms with Gasteiger partial charge in [0, 0.05) is 5.92 Å². The van der Waals surface area contributed by atoms with Gasteiger partial charge in [-0.3, -0.25) is 0 Å². The van der Waals surface area contributed by atoms with E-state index < -0.39 is 18.1 Å². The lowest BCUT2D eigenvalue weighted by Gasteiger charge is -2.32. The molecular formula is C11H17NO5. The molecule has 2 rings (SSSR count). The van der Waals surface area contributed by atoms with Gasteiger partial charge >= 0.3 is 12.1 Å². The van der Waals surface area contributed by atoms with Gasteiger partial charge in [0.15, 0.2) is 0 Å². The number of hydrogen-bond acceptors (Lipinski definition) is 4. The van der Waals surface area contributed by atoms with Crippen molar-refractivity contribution in [3.63, 3.8) is 0 Å². The molecule has 1 amide bonds. The van der Waals surface area contributed by atoms with E-state index in [4.69, 9.17) is 9.84 Å². The summed E-state index contributed by atoms with van der Waals surface area (Å²) in [5.41, 5.74) is 0.0326. The molecule has 0 aromatic rings. The first-order valence-electron chi connectivity index (χ1n) is 5.77. The highest BCUT2D eigenvalue weighted by Gasteiger charge is 2.48. The molecule has 0 aromatic heterocycles. The number of rotatable bonds is 3. The van der Waals surface area contributed by atoms with Gasteiger partial charge < -0.3 is 19.9 Å². The van der Waals surface area contributed by atoms with Crippen molar-refractivity contribution in [2.75, 3.05) is 13.7 Å². The highest BCUT2D eigenvalue weighted by atomic mass is 16.5. The van der Waals surface area contributed by atoms with Gasteiger partial charge in [0.25, 0.3) is 0 Å². The van der Waals surface area contributed by atoms with Crippen molar-refractivity contribution in [2.24, 2.45) is 5.92 Å². The third-order valence-corrected chi connectivity index (χ3v) is 3.58. The van der Waals surface area contributed by atoms with Gasteiger partial charge in [0.2, 0.25) is 0 Å². The molecule has 6 nitrogen and oxygen atoms in total. The van der Waals surface area contributed by atoms with Gasteiger partial charge in [0.05, 0.1) is 19.3 Å². The van der Waals surface area contributed by atoms with Crippen LogP contribution in [0.1, 0.15) is 25.7 Å². The predicted molar refractivity (Wildman–Crippen MR) is 57.6 cm³/mol. The van der Waals surface area contributed by atoms with E-state index in [0.717, 1.165) is 25.7 Å². The van der Waals surface area contributed by atoms with Crippen molar-refractivity contribution >= 4 is 12.1 Å². The molecule has 1 aliphatic carbocycles. The topological polar surface area (TPSA) is 84.9 Å². The number of amides is 1. The number of methoxy groups -OCH3 is 1. The van der Waals surface area contributed by atoms with E-state index in [2.05, 4.69) is 10.1 Å². The van der Waals surface area contributed by atoms with Crippen LogP contribution in [-0.4, -0.2) is 42.5 Å². The summed E-state index contributed by atoms with van der Waals surface area (Å²) in [7, 11) is 1.21. The van der Waals surface area contributed by atoms with E-state index in [1.165, 1.54) is 7.11 Å². The average Bonchev–Trinajstić information content (AvgIpc) is 3.06. The molecule has 2 aliphatic rings. The Kier molecular flexibility index (Phi) is 3.24. The molecule has 1 aliphatic heterocycles. The summed E-state index contributed by atoms with van der Waals surface area (Å²) in [6, 6.07) is -0.932. The number of carboxylic acid groups (broad SMARTS) is 1. The third kappa shape index (κ3) is 2.69. The van der Waals surface area contributed by atoms with Crippen LogP contribution >= 0.6 is 0 Å². The number of carbonyl (C=O) groups excluding carboxylic acids is 1. The fourth-order valence-electron chi connectivity index (χ4n) is 2.25. The number of nitrogens with one attached hydrogen (secondary N) is 1. The standard InChI is InChI=1S/C11H17NO5/c1-16-10(15)12-8(9(13)14)7-2-3-11(4-5-11)17-6-7/h7-8H,2-6H2,1H3,(H,12,15)(H,13,14). The molecule has 96 valence electrons. The Morgan fingerprint density at radius 3 is 2.59 bits per heavy atom. The van der Waals surface area contributed by atoms with Crippen LogP contribution in [0.3, 0.4) is 0 Å². The lowest BCUT2D eigenvalue weighted by molar-refractivity contribution is -0.143. The molecule has 1 saturated heterocycles. The molecule has 0 aromatic carbocycles. The zero-order valence-corrected chi connectivity index (χ0v) is 9.77. The molecule has 1 saturated carbocycles. The molecule has 1 heterocycles. The van der Waals surface area contributed by atoms with Crippen LogP contribution in [0, 0.1) is 5.92 Å². The summed E-state index contributed by atoms with van der Waals surface area (Å²) < 4.78 is 10.1. The summed E-state index contributed by atoms with van der Waals surface area (Å²) in [4.78, 5) is 22.2. The van der Waals surface area contributed by atoms with Crippen LogP contribution in [0.5, 0.6) is 0 Å². The Morgan fingerprint density at radius 2 is 2.18 bits per heavy atom. The van der Waals surface area contributed by atoms with Crippen LogP contribution in [-0.2, 0) is 14.3 Å². The zero-order chi connectivity index (χ0) is 12.5. The summed E-state index contributed by atoms with van der Waals surface area (Å²) in [6.07, 6.45) is 3.07. The second kappa shape index (κ2) is 4.52. The predicted octanol–water partition coefficient (Wildman–Crippen LogP) is 0.755. The lowest BCUT2D eigenvalue weighted by Crippen LogP contribution is -2.49. The molecule has 6 heteroatoms. The second-order valence-electron chi connectivity index (χ2n) is 4.74. The molecule has 2 unspecified atom stereocenters. The Hall–Kier alpha value is -1.30. The summed E-state index contributed by atoms with van der Waals surface area (Å²) in [5, 5.41) is 11.4. The minimum atomic E-state index is -1.05. The van der Waals surface area contributed by atoms with Gasteiger partial charge in [-0.05, 0) is 25.7 Å². The normalized spacial score (nSPS) is 27.2. The Bertz CT molecular complexity index is 316. The fraction of sp³-hybridized carbons (Fsp3) is 0.818. The quantitative estimate of drug-likeness (QED) is 0.764. The smallest absolute Gasteiger partial charge is 0.407 e. The van der Waals surface area contributed by atoms with Crippen molar-refractivity contribution < 1.29 is 24.2 Å². The molecule has 0 radical (unpaired) electrons. The molecule has 2 atom stereocenters. The molecule has 2 N–H and O–H groups in total. The van der Waals surface area contributed by atoms with E-state index in [1.807, 2.05) is 0 Å². The largest absolute Gasteiger partial charge is 0.480 e. The highest BCUT2D eigenvalue weighted by Crippen LogP contribution is 2.47. The summed E-state index contributed by atoms with van der Waals surface area (Å²) in [6.45, 7) is 0.390. The maximum Gasteiger partial charge on any atom is 0.407 e. The summed E-state index contributed by atoms with van der Waals surface area (Å²) >= 11 is 0. The van der Waals surface area contributed by atoms with Crippen molar-refractivity contribution in [1.82, 2.24) is 5.32 Å². The van der Waals surface area contributed by atoms with E-state index >= 15 is 0 Å². The first kappa shape index (κ1) is 12.2. The van der Waals surface area contributed by atoms with E-state index in [9.17, 15) is 9.59 Å². The van der Waals surface area contributed by atoms with Crippen molar-refractivity contribution in [3.8, 4) is 0 Å². The maximum atomic E-state index is 11.1. The maximum absolute atomic E-state index is 11.1. The Labute approximate surface area is 99.3 Å². The van der Waals surface area contributed by atoms with E-state index in [1.54, 1.807) is 0 Å². The average molecular weight is 243 g/mol. The van der Waals surface area contributed by atoms with Gasteiger partial charge in [-0.15, -0.1) is 0 Å². The Morgan fingerprint density at radius 1 is 1.47 bits per heavy atom. The number of carboxylic acids is 1. The fourth-order valence-corrected chi connectivity index (χ4v) is 2.25. The van der Waals surface area contributed by atoms with Gasteiger partial charge in [0.1, 0.15) is 6.04 Å². The van der Waals surface area contributed by atoms with Crippen LogP contribution in [0.15, 0.2) is 0 Å². The van der Waals surface area contributed by atoms with E-state index in [-0.39, 0.29) is 11.5 Å². The summed E-state index contributed by atoms with van der Waals surface area (Å²) in [5.74, 6) is -1.23. The van der Waals surface area contributed by atoms with Crippen LogP contribution in [0.2, 0.25) is 0 Å². The minimum Gasteiger partial charge on any atom is -0.480 e. The highest BCUT2D eigenvalue weighted by molar-refractivity contribution is 5.80. The van der Waals surface area contributed by atoms with Gasteiger partial charge in [-0.1, -0.05) is 0 Å².